The Balaban J connectivity index is 2.22. The maximum Gasteiger partial charge on any atom is 0.573 e. The molecule has 128 valence electrons. The first-order valence-corrected chi connectivity index (χ1v) is 6.71. The van der Waals surface area contributed by atoms with Crippen LogP contribution in [0.1, 0.15) is 10.4 Å². The molecule has 2 rings (SSSR count). The molecule has 24 heavy (non-hydrogen) atoms. The molecular weight excluding hydrogens is 327 g/mol. The summed E-state index contributed by atoms with van der Waals surface area (Å²) in [7, 11) is 2.85. The third-order valence-electron chi connectivity index (χ3n) is 2.98. The molecule has 0 unspecified atom stereocenters. The number of hydrogen-bond donors (Lipinski definition) is 1. The van der Waals surface area contributed by atoms with Crippen LogP contribution in [-0.2, 0) is 0 Å². The summed E-state index contributed by atoms with van der Waals surface area (Å²) in [6.07, 6.45) is -4.81. The molecule has 1 N–H and O–H groups in total. The minimum atomic E-state index is -4.81. The van der Waals surface area contributed by atoms with E-state index in [0.717, 1.165) is 12.1 Å². The van der Waals surface area contributed by atoms with E-state index in [9.17, 15) is 18.0 Å². The van der Waals surface area contributed by atoms with Crippen LogP contribution in [0.5, 0.6) is 17.2 Å². The summed E-state index contributed by atoms with van der Waals surface area (Å²) in [5.74, 6) is -0.251. The van der Waals surface area contributed by atoms with Crippen molar-refractivity contribution in [3.05, 3.63) is 48.0 Å². The van der Waals surface area contributed by atoms with Crippen molar-refractivity contribution in [2.24, 2.45) is 0 Å². The molecule has 0 aromatic heterocycles. The van der Waals surface area contributed by atoms with Crippen LogP contribution in [0.3, 0.4) is 0 Å². The van der Waals surface area contributed by atoms with Crippen molar-refractivity contribution >= 4 is 11.6 Å². The Hall–Kier alpha value is -2.90. The lowest BCUT2D eigenvalue weighted by Crippen LogP contribution is -2.17. The normalized spacial score (nSPS) is 10.9. The lowest BCUT2D eigenvalue weighted by Gasteiger charge is -2.12. The van der Waals surface area contributed by atoms with Gasteiger partial charge < -0.3 is 19.5 Å². The summed E-state index contributed by atoms with van der Waals surface area (Å²) < 4.78 is 50.7. The van der Waals surface area contributed by atoms with Crippen molar-refractivity contribution in [2.45, 2.75) is 6.36 Å². The second-order valence-electron chi connectivity index (χ2n) is 4.60. The third-order valence-corrected chi connectivity index (χ3v) is 2.98. The van der Waals surface area contributed by atoms with Gasteiger partial charge in [0, 0.05) is 11.8 Å². The fourth-order valence-corrected chi connectivity index (χ4v) is 1.96. The van der Waals surface area contributed by atoms with E-state index in [0.29, 0.717) is 11.5 Å². The lowest BCUT2D eigenvalue weighted by atomic mass is 10.1. The maximum atomic E-state index is 12.3. The van der Waals surface area contributed by atoms with Gasteiger partial charge in [-0.1, -0.05) is 6.07 Å². The molecule has 0 saturated carbocycles. The standard InChI is InChI=1S/C16H14F3NO4/c1-22-11-6-7-14(23-2)13(9-11)15(21)20-10-4-3-5-12(8-10)24-16(17,18)19/h3-9H,1-2H3,(H,20,21). The van der Waals surface area contributed by atoms with Gasteiger partial charge >= 0.3 is 6.36 Å². The van der Waals surface area contributed by atoms with Gasteiger partial charge in [0.25, 0.3) is 5.91 Å². The molecule has 0 spiro atoms. The number of hydrogen-bond acceptors (Lipinski definition) is 4. The largest absolute Gasteiger partial charge is 0.573 e. The molecule has 5 nitrogen and oxygen atoms in total. The van der Waals surface area contributed by atoms with Crippen LogP contribution in [0.2, 0.25) is 0 Å². The van der Waals surface area contributed by atoms with E-state index in [-0.39, 0.29) is 11.3 Å². The average molecular weight is 341 g/mol. The number of amides is 1. The van der Waals surface area contributed by atoms with Gasteiger partial charge in [0.15, 0.2) is 0 Å². The van der Waals surface area contributed by atoms with Crippen LogP contribution < -0.4 is 19.5 Å². The van der Waals surface area contributed by atoms with E-state index in [2.05, 4.69) is 10.1 Å². The van der Waals surface area contributed by atoms with E-state index in [4.69, 9.17) is 9.47 Å². The number of carbonyl (C=O) groups excluding carboxylic acids is 1. The molecule has 0 aliphatic carbocycles. The first-order chi connectivity index (χ1) is 11.3. The number of alkyl halides is 3. The lowest BCUT2D eigenvalue weighted by molar-refractivity contribution is -0.274. The second-order valence-corrected chi connectivity index (χ2v) is 4.60. The topological polar surface area (TPSA) is 56.8 Å². The zero-order valence-electron chi connectivity index (χ0n) is 12.8. The molecule has 0 heterocycles. The van der Waals surface area contributed by atoms with Gasteiger partial charge in [0.2, 0.25) is 0 Å². The van der Waals surface area contributed by atoms with Gasteiger partial charge in [-0.25, -0.2) is 0 Å². The first kappa shape index (κ1) is 17.5. The highest BCUT2D eigenvalue weighted by atomic mass is 19.4. The molecule has 0 fully saturated rings. The smallest absolute Gasteiger partial charge is 0.497 e. The Morgan fingerprint density at radius 2 is 1.75 bits per heavy atom. The SMILES string of the molecule is COc1ccc(OC)c(C(=O)Nc2cccc(OC(F)(F)F)c2)c1. The van der Waals surface area contributed by atoms with E-state index < -0.39 is 18.0 Å². The molecular formula is C16H14F3NO4. The Morgan fingerprint density at radius 1 is 1.00 bits per heavy atom. The number of halogens is 3. The zero-order valence-corrected chi connectivity index (χ0v) is 12.8. The first-order valence-electron chi connectivity index (χ1n) is 6.71. The predicted octanol–water partition coefficient (Wildman–Crippen LogP) is 3.85. The van der Waals surface area contributed by atoms with Crippen LogP contribution >= 0.6 is 0 Å². The second kappa shape index (κ2) is 7.12. The molecule has 0 saturated heterocycles. The summed E-state index contributed by atoms with van der Waals surface area (Å²) >= 11 is 0. The maximum absolute atomic E-state index is 12.3. The van der Waals surface area contributed by atoms with Crippen LogP contribution in [0.4, 0.5) is 18.9 Å². The highest BCUT2D eigenvalue weighted by molar-refractivity contribution is 6.06. The number of carbonyl (C=O) groups is 1. The van der Waals surface area contributed by atoms with Crippen molar-refractivity contribution in [1.82, 2.24) is 0 Å². The Kier molecular flexibility index (Phi) is 5.18. The number of methoxy groups -OCH3 is 2. The highest BCUT2D eigenvalue weighted by Crippen LogP contribution is 2.27. The fraction of sp³-hybridized carbons (Fsp3) is 0.188. The molecule has 2 aromatic carbocycles. The van der Waals surface area contributed by atoms with Crippen molar-refractivity contribution < 1.29 is 32.2 Å². The molecule has 1 amide bonds. The van der Waals surface area contributed by atoms with Crippen LogP contribution in [-0.4, -0.2) is 26.5 Å². The zero-order chi connectivity index (χ0) is 17.7. The van der Waals surface area contributed by atoms with E-state index >= 15 is 0 Å². The summed E-state index contributed by atoms with van der Waals surface area (Å²) in [6.45, 7) is 0. The van der Waals surface area contributed by atoms with Gasteiger partial charge in [-0.3, -0.25) is 4.79 Å². The van der Waals surface area contributed by atoms with Gasteiger partial charge in [-0.05, 0) is 30.3 Å². The number of anilines is 1. The van der Waals surface area contributed by atoms with Crippen molar-refractivity contribution in [1.29, 1.82) is 0 Å². The number of nitrogens with one attached hydrogen (secondary N) is 1. The van der Waals surface area contributed by atoms with Crippen molar-refractivity contribution in [2.75, 3.05) is 19.5 Å². The minimum absolute atomic E-state index is 0.145. The molecule has 0 radical (unpaired) electrons. The van der Waals surface area contributed by atoms with E-state index in [1.54, 1.807) is 12.1 Å². The van der Waals surface area contributed by atoms with Gasteiger partial charge in [-0.15, -0.1) is 13.2 Å². The molecule has 0 bridgehead atoms. The summed E-state index contributed by atoms with van der Waals surface area (Å²) in [4.78, 5) is 12.3. The monoisotopic (exact) mass is 341 g/mol. The van der Waals surface area contributed by atoms with Gasteiger partial charge in [0.05, 0.1) is 19.8 Å². The molecule has 0 aliphatic rings. The minimum Gasteiger partial charge on any atom is -0.497 e. The van der Waals surface area contributed by atoms with Gasteiger partial charge in [0.1, 0.15) is 17.2 Å². The Bertz CT molecular complexity index is 732. The summed E-state index contributed by atoms with van der Waals surface area (Å²) in [5.41, 5.74) is 0.325. The molecule has 0 aliphatic heterocycles. The highest BCUT2D eigenvalue weighted by Gasteiger charge is 2.31. The van der Waals surface area contributed by atoms with E-state index in [1.165, 1.54) is 32.4 Å². The van der Waals surface area contributed by atoms with Crippen LogP contribution in [0.25, 0.3) is 0 Å². The number of benzene rings is 2. The number of rotatable bonds is 5. The quantitative estimate of drug-likeness (QED) is 0.897. The molecule has 0 atom stereocenters. The fourth-order valence-electron chi connectivity index (χ4n) is 1.96. The third kappa shape index (κ3) is 4.55. The van der Waals surface area contributed by atoms with Crippen LogP contribution in [0.15, 0.2) is 42.5 Å². The van der Waals surface area contributed by atoms with Crippen molar-refractivity contribution in [3.8, 4) is 17.2 Å². The summed E-state index contributed by atoms with van der Waals surface area (Å²) in [5, 5.41) is 2.49. The van der Waals surface area contributed by atoms with Crippen molar-refractivity contribution in [3.63, 3.8) is 0 Å². The molecule has 8 heteroatoms. The predicted molar refractivity (Wildman–Crippen MR) is 80.6 cm³/mol. The Labute approximate surface area is 135 Å². The van der Waals surface area contributed by atoms with Gasteiger partial charge in [-0.2, -0.15) is 0 Å². The van der Waals surface area contributed by atoms with E-state index in [1.807, 2.05) is 0 Å². The molecule has 2 aromatic rings. The summed E-state index contributed by atoms with van der Waals surface area (Å²) in [6, 6.07) is 9.61. The Morgan fingerprint density at radius 3 is 2.38 bits per heavy atom. The van der Waals surface area contributed by atoms with Crippen LogP contribution in [0, 0.1) is 0 Å². The number of ether oxygens (including phenoxy) is 3. The average Bonchev–Trinajstić information content (AvgIpc) is 2.52.